The zero-order valence-electron chi connectivity index (χ0n) is 22.8. The van der Waals surface area contributed by atoms with Crippen LogP contribution in [0.5, 0.6) is 0 Å². The molecule has 2 aromatic carbocycles. The molecular formula is C29H39NO8S. The highest BCUT2D eigenvalue weighted by atomic mass is 32.2. The van der Waals surface area contributed by atoms with Gasteiger partial charge in [0, 0.05) is 24.1 Å². The van der Waals surface area contributed by atoms with Gasteiger partial charge in [0.25, 0.3) is 5.91 Å². The summed E-state index contributed by atoms with van der Waals surface area (Å²) in [5.74, 6) is -0.990. The zero-order chi connectivity index (χ0) is 28.5. The van der Waals surface area contributed by atoms with E-state index in [0.29, 0.717) is 70.5 Å². The molecule has 0 unspecified atom stereocenters. The summed E-state index contributed by atoms with van der Waals surface area (Å²) < 4.78 is 46.6. The van der Waals surface area contributed by atoms with Gasteiger partial charge in [-0.3, -0.25) is 9.59 Å². The Hall–Kier alpha value is -2.89. The fourth-order valence-electron chi connectivity index (χ4n) is 3.31. The number of ketones is 1. The molecular weight excluding hydrogens is 522 g/mol. The lowest BCUT2D eigenvalue weighted by atomic mass is 10.1. The lowest BCUT2D eigenvalue weighted by Gasteiger charge is -2.09. The van der Waals surface area contributed by atoms with Crippen molar-refractivity contribution in [3.05, 3.63) is 77.4 Å². The van der Waals surface area contributed by atoms with Gasteiger partial charge in [-0.25, -0.2) is 8.42 Å². The fraction of sp³-hybridized carbons (Fsp3) is 0.448. The van der Waals surface area contributed by atoms with Crippen molar-refractivity contribution in [3.8, 4) is 0 Å². The summed E-state index contributed by atoms with van der Waals surface area (Å²) in [4.78, 5) is 25.3. The van der Waals surface area contributed by atoms with E-state index in [1.807, 2.05) is 13.8 Å². The number of carbonyl (C=O) groups is 2. The van der Waals surface area contributed by atoms with Crippen LogP contribution >= 0.6 is 0 Å². The first kappa shape index (κ1) is 32.3. The van der Waals surface area contributed by atoms with Gasteiger partial charge in [-0.1, -0.05) is 42.0 Å². The smallest absolute Gasteiger partial charge is 0.251 e. The van der Waals surface area contributed by atoms with E-state index in [1.165, 1.54) is 18.2 Å². The van der Waals surface area contributed by atoms with Crippen molar-refractivity contribution in [2.75, 3.05) is 65.2 Å². The van der Waals surface area contributed by atoms with Gasteiger partial charge in [0.2, 0.25) is 0 Å². The number of rotatable bonds is 20. The van der Waals surface area contributed by atoms with Crippen LogP contribution in [0.4, 0.5) is 0 Å². The maximum Gasteiger partial charge on any atom is 0.251 e. The molecule has 2 rings (SSSR count). The number of sulfone groups is 1. The number of amides is 1. The Bertz CT molecular complexity index is 1160. The standard InChI is InChI=1S/C29H39NO8S/c1-23(2)22-38-19-18-37-17-16-36-15-14-35-13-12-30-29(32)26-6-4-5-25(21-26)28(31)11-20-39(33,34)27-9-7-24(3)8-10-27/h4-10,21H,1,11-20,22H2,2-3H3,(H,30,32). The first-order valence-electron chi connectivity index (χ1n) is 12.9. The number of benzene rings is 2. The third kappa shape index (κ3) is 13.1. The molecule has 9 nitrogen and oxygen atoms in total. The van der Waals surface area contributed by atoms with Gasteiger partial charge in [0.1, 0.15) is 0 Å². The lowest BCUT2D eigenvalue weighted by Crippen LogP contribution is -2.27. The Morgan fingerprint density at radius 1 is 0.821 bits per heavy atom. The molecule has 2 aromatic rings. The molecule has 39 heavy (non-hydrogen) atoms. The predicted octanol–water partition coefficient (Wildman–Crippen LogP) is 3.41. The van der Waals surface area contributed by atoms with E-state index in [1.54, 1.807) is 30.3 Å². The van der Waals surface area contributed by atoms with Crippen LogP contribution in [0.3, 0.4) is 0 Å². The van der Waals surface area contributed by atoms with Crippen molar-refractivity contribution in [1.82, 2.24) is 5.32 Å². The van der Waals surface area contributed by atoms with Crippen molar-refractivity contribution in [2.24, 2.45) is 0 Å². The molecule has 0 aromatic heterocycles. The Kier molecular flexibility index (Phi) is 14.6. The van der Waals surface area contributed by atoms with Gasteiger partial charge in [0.15, 0.2) is 15.6 Å². The number of carbonyl (C=O) groups excluding carboxylic acids is 2. The third-order valence-electron chi connectivity index (χ3n) is 5.42. The van der Waals surface area contributed by atoms with Crippen LogP contribution < -0.4 is 5.32 Å². The summed E-state index contributed by atoms with van der Waals surface area (Å²) in [7, 11) is -3.58. The minimum atomic E-state index is -3.58. The molecule has 0 heterocycles. The summed E-state index contributed by atoms with van der Waals surface area (Å²) in [5, 5.41) is 2.74. The number of hydrogen-bond donors (Lipinski definition) is 1. The highest BCUT2D eigenvalue weighted by Gasteiger charge is 2.18. The minimum Gasteiger partial charge on any atom is -0.377 e. The topological polar surface area (TPSA) is 117 Å². The normalized spacial score (nSPS) is 11.3. The number of ether oxygens (including phenoxy) is 4. The molecule has 0 saturated carbocycles. The second-order valence-corrected chi connectivity index (χ2v) is 11.1. The Morgan fingerprint density at radius 3 is 2.00 bits per heavy atom. The van der Waals surface area contributed by atoms with Crippen LogP contribution in [-0.4, -0.2) is 85.3 Å². The Balaban J connectivity index is 1.60. The van der Waals surface area contributed by atoms with E-state index in [-0.39, 0.29) is 28.8 Å². The van der Waals surface area contributed by atoms with Crippen molar-refractivity contribution in [1.29, 1.82) is 0 Å². The summed E-state index contributed by atoms with van der Waals surface area (Å²) in [6.45, 7) is 11.4. The van der Waals surface area contributed by atoms with Crippen molar-refractivity contribution >= 4 is 21.5 Å². The fourth-order valence-corrected chi connectivity index (χ4v) is 4.55. The predicted molar refractivity (Wildman–Crippen MR) is 149 cm³/mol. The second kappa shape index (κ2) is 17.6. The minimum absolute atomic E-state index is 0.173. The van der Waals surface area contributed by atoms with E-state index in [2.05, 4.69) is 11.9 Å². The van der Waals surface area contributed by atoms with Gasteiger partial charge >= 0.3 is 0 Å². The average Bonchev–Trinajstić information content (AvgIpc) is 2.92. The van der Waals surface area contributed by atoms with Crippen LogP contribution in [0.2, 0.25) is 0 Å². The van der Waals surface area contributed by atoms with E-state index in [9.17, 15) is 18.0 Å². The average molecular weight is 562 g/mol. The largest absolute Gasteiger partial charge is 0.377 e. The highest BCUT2D eigenvalue weighted by Crippen LogP contribution is 2.15. The first-order valence-corrected chi connectivity index (χ1v) is 14.5. The summed E-state index contributed by atoms with van der Waals surface area (Å²) in [6.07, 6.45) is -0.173. The molecule has 0 radical (unpaired) electrons. The zero-order valence-corrected chi connectivity index (χ0v) is 23.6. The molecule has 10 heteroatoms. The van der Waals surface area contributed by atoms with Crippen LogP contribution in [0.25, 0.3) is 0 Å². The van der Waals surface area contributed by atoms with Crippen molar-refractivity contribution in [3.63, 3.8) is 0 Å². The van der Waals surface area contributed by atoms with E-state index in [0.717, 1.165) is 11.1 Å². The number of hydrogen-bond acceptors (Lipinski definition) is 8. The Morgan fingerprint density at radius 2 is 1.38 bits per heavy atom. The molecule has 0 saturated heterocycles. The molecule has 0 atom stereocenters. The van der Waals surface area contributed by atoms with Crippen LogP contribution in [0.15, 0.2) is 65.6 Å². The van der Waals surface area contributed by atoms with E-state index < -0.39 is 9.84 Å². The van der Waals surface area contributed by atoms with E-state index >= 15 is 0 Å². The molecule has 0 aliphatic carbocycles. The van der Waals surface area contributed by atoms with Crippen LogP contribution in [-0.2, 0) is 28.8 Å². The third-order valence-corrected chi connectivity index (χ3v) is 7.15. The maximum absolute atomic E-state index is 12.6. The number of nitrogens with one attached hydrogen (secondary N) is 1. The van der Waals surface area contributed by atoms with Crippen molar-refractivity contribution < 1.29 is 37.0 Å². The van der Waals surface area contributed by atoms with Crippen LogP contribution in [0, 0.1) is 6.92 Å². The van der Waals surface area contributed by atoms with E-state index in [4.69, 9.17) is 18.9 Å². The maximum atomic E-state index is 12.6. The van der Waals surface area contributed by atoms with Crippen LogP contribution in [0.1, 0.15) is 39.6 Å². The lowest BCUT2D eigenvalue weighted by molar-refractivity contribution is 0.000844. The van der Waals surface area contributed by atoms with Gasteiger partial charge in [-0.05, 0) is 38.1 Å². The summed E-state index contributed by atoms with van der Waals surface area (Å²) in [5.41, 5.74) is 2.53. The molecule has 0 bridgehead atoms. The van der Waals surface area contributed by atoms with Gasteiger partial charge in [-0.2, -0.15) is 0 Å². The molecule has 1 N–H and O–H groups in total. The number of aryl methyl sites for hydroxylation is 1. The van der Waals surface area contributed by atoms with Gasteiger partial charge in [0.05, 0.1) is 63.5 Å². The second-order valence-electron chi connectivity index (χ2n) is 8.99. The molecule has 214 valence electrons. The van der Waals surface area contributed by atoms with Gasteiger partial charge < -0.3 is 24.3 Å². The quantitative estimate of drug-likeness (QED) is 0.149. The number of Topliss-reactive ketones (excluding diaryl/α,β-unsaturated/α-hetero) is 1. The monoisotopic (exact) mass is 561 g/mol. The molecule has 0 spiro atoms. The summed E-state index contributed by atoms with van der Waals surface area (Å²) >= 11 is 0. The molecule has 1 amide bonds. The molecule has 0 aliphatic heterocycles. The Labute approximate surface area is 231 Å². The highest BCUT2D eigenvalue weighted by molar-refractivity contribution is 7.91. The first-order chi connectivity index (χ1) is 18.7. The van der Waals surface area contributed by atoms with Crippen molar-refractivity contribution in [2.45, 2.75) is 25.2 Å². The summed E-state index contributed by atoms with van der Waals surface area (Å²) in [6, 6.07) is 12.8. The molecule has 0 fully saturated rings. The SMILES string of the molecule is C=C(C)COCCOCCOCCOCCNC(=O)c1cccc(C(=O)CCS(=O)(=O)c2ccc(C)cc2)c1. The van der Waals surface area contributed by atoms with Gasteiger partial charge in [-0.15, -0.1) is 0 Å². The molecule has 0 aliphatic rings.